The van der Waals surface area contributed by atoms with Gasteiger partial charge in [0.2, 0.25) is 0 Å². The van der Waals surface area contributed by atoms with Crippen LogP contribution in [0.25, 0.3) is 0 Å². The van der Waals surface area contributed by atoms with Crippen molar-refractivity contribution in [3.8, 4) is 0 Å². The van der Waals surface area contributed by atoms with Gasteiger partial charge < -0.3 is 14.8 Å². The van der Waals surface area contributed by atoms with Crippen LogP contribution >= 0.6 is 0 Å². The quantitative estimate of drug-likeness (QED) is 0.550. The SMILES string of the molecule is CCOCCCCNCCN(CC)CC1CCCO1. The van der Waals surface area contributed by atoms with E-state index < -0.39 is 0 Å². The van der Waals surface area contributed by atoms with Crippen LogP contribution in [0.2, 0.25) is 0 Å². The van der Waals surface area contributed by atoms with E-state index in [-0.39, 0.29) is 0 Å². The third kappa shape index (κ3) is 8.58. The molecule has 0 amide bonds. The van der Waals surface area contributed by atoms with Gasteiger partial charge in [-0.25, -0.2) is 0 Å². The van der Waals surface area contributed by atoms with E-state index in [1.807, 2.05) is 6.92 Å². The third-order valence-corrected chi connectivity index (χ3v) is 3.63. The first kappa shape index (κ1) is 16.9. The van der Waals surface area contributed by atoms with Gasteiger partial charge in [-0.3, -0.25) is 4.90 Å². The zero-order valence-corrected chi connectivity index (χ0v) is 12.8. The van der Waals surface area contributed by atoms with Gasteiger partial charge in [0.1, 0.15) is 0 Å². The first-order chi connectivity index (χ1) is 9.36. The van der Waals surface area contributed by atoms with Crippen LogP contribution in [0.15, 0.2) is 0 Å². The summed E-state index contributed by atoms with van der Waals surface area (Å²) in [6, 6.07) is 0. The minimum atomic E-state index is 0.478. The minimum absolute atomic E-state index is 0.478. The molecule has 0 aromatic heterocycles. The van der Waals surface area contributed by atoms with Crippen molar-refractivity contribution in [1.29, 1.82) is 0 Å². The average molecular weight is 272 g/mol. The number of likely N-dealkylation sites (N-methyl/N-ethyl adjacent to an activating group) is 1. The molecule has 1 unspecified atom stereocenters. The van der Waals surface area contributed by atoms with Crippen molar-refractivity contribution in [1.82, 2.24) is 10.2 Å². The summed E-state index contributed by atoms with van der Waals surface area (Å²) in [5.74, 6) is 0. The molecular formula is C15H32N2O2. The maximum atomic E-state index is 5.69. The molecule has 0 aliphatic carbocycles. The van der Waals surface area contributed by atoms with E-state index >= 15 is 0 Å². The fourth-order valence-electron chi connectivity index (χ4n) is 2.42. The van der Waals surface area contributed by atoms with Crippen LogP contribution in [0.3, 0.4) is 0 Å². The van der Waals surface area contributed by atoms with Gasteiger partial charge in [-0.2, -0.15) is 0 Å². The first-order valence-corrected chi connectivity index (χ1v) is 7.99. The molecule has 114 valence electrons. The van der Waals surface area contributed by atoms with E-state index in [0.717, 1.165) is 59.0 Å². The lowest BCUT2D eigenvalue weighted by atomic mass is 10.2. The van der Waals surface area contributed by atoms with Gasteiger partial charge in [0, 0.05) is 39.5 Å². The van der Waals surface area contributed by atoms with Crippen LogP contribution in [0.1, 0.15) is 39.5 Å². The number of unbranched alkanes of at least 4 members (excludes halogenated alkanes) is 1. The van der Waals surface area contributed by atoms with E-state index in [2.05, 4.69) is 17.1 Å². The molecule has 1 heterocycles. The van der Waals surface area contributed by atoms with Gasteiger partial charge in [-0.1, -0.05) is 6.92 Å². The standard InChI is InChI=1S/C15H32N2O2/c1-3-17(14-15-8-7-13-19-15)11-10-16-9-5-6-12-18-4-2/h15-16H,3-14H2,1-2H3. The highest BCUT2D eigenvalue weighted by molar-refractivity contribution is 4.70. The summed E-state index contributed by atoms with van der Waals surface area (Å²) in [6.45, 7) is 12.5. The molecule has 0 radical (unpaired) electrons. The third-order valence-electron chi connectivity index (χ3n) is 3.63. The van der Waals surface area contributed by atoms with Gasteiger partial charge in [-0.05, 0) is 45.7 Å². The van der Waals surface area contributed by atoms with Crippen LogP contribution in [0, 0.1) is 0 Å². The molecule has 1 atom stereocenters. The van der Waals surface area contributed by atoms with Gasteiger partial charge in [0.05, 0.1) is 6.10 Å². The van der Waals surface area contributed by atoms with Gasteiger partial charge in [-0.15, -0.1) is 0 Å². The van der Waals surface area contributed by atoms with Crippen LogP contribution in [-0.2, 0) is 9.47 Å². The molecule has 1 rings (SSSR count). The molecule has 4 heteroatoms. The molecule has 1 N–H and O–H groups in total. The molecule has 1 aliphatic rings. The number of rotatable bonds is 12. The van der Waals surface area contributed by atoms with Crippen molar-refractivity contribution >= 4 is 0 Å². The normalized spacial score (nSPS) is 19.4. The Bertz CT molecular complexity index is 197. The highest BCUT2D eigenvalue weighted by atomic mass is 16.5. The van der Waals surface area contributed by atoms with Gasteiger partial charge in [0.15, 0.2) is 0 Å². The predicted octanol–water partition coefficient (Wildman–Crippen LogP) is 1.89. The Morgan fingerprint density at radius 1 is 1.26 bits per heavy atom. The Labute approximate surface area is 118 Å². The van der Waals surface area contributed by atoms with E-state index in [1.54, 1.807) is 0 Å². The molecule has 19 heavy (non-hydrogen) atoms. The number of ether oxygens (including phenoxy) is 2. The summed E-state index contributed by atoms with van der Waals surface area (Å²) < 4.78 is 11.0. The summed E-state index contributed by atoms with van der Waals surface area (Å²) in [5.41, 5.74) is 0. The smallest absolute Gasteiger partial charge is 0.0702 e. The second-order valence-corrected chi connectivity index (χ2v) is 5.18. The summed E-state index contributed by atoms with van der Waals surface area (Å²) in [6.07, 6.45) is 5.32. The summed E-state index contributed by atoms with van der Waals surface area (Å²) in [4.78, 5) is 2.49. The molecule has 0 aromatic carbocycles. The lowest BCUT2D eigenvalue weighted by molar-refractivity contribution is 0.0751. The van der Waals surface area contributed by atoms with Crippen molar-refractivity contribution in [3.05, 3.63) is 0 Å². The largest absolute Gasteiger partial charge is 0.382 e. The first-order valence-electron chi connectivity index (χ1n) is 7.99. The fourth-order valence-corrected chi connectivity index (χ4v) is 2.42. The Morgan fingerprint density at radius 3 is 2.84 bits per heavy atom. The molecular weight excluding hydrogens is 240 g/mol. The molecule has 4 nitrogen and oxygen atoms in total. The number of nitrogens with zero attached hydrogens (tertiary/aromatic N) is 1. The average Bonchev–Trinajstić information content (AvgIpc) is 2.93. The molecule has 1 aliphatic heterocycles. The van der Waals surface area contributed by atoms with Crippen molar-refractivity contribution < 1.29 is 9.47 Å². The Hall–Kier alpha value is -0.160. The molecule has 1 fully saturated rings. The monoisotopic (exact) mass is 272 g/mol. The molecule has 1 saturated heterocycles. The van der Waals surface area contributed by atoms with Gasteiger partial charge in [0.25, 0.3) is 0 Å². The predicted molar refractivity (Wildman–Crippen MR) is 79.7 cm³/mol. The fraction of sp³-hybridized carbons (Fsp3) is 1.00. The van der Waals surface area contributed by atoms with Crippen molar-refractivity contribution in [3.63, 3.8) is 0 Å². The Balaban J connectivity index is 1.91. The zero-order valence-electron chi connectivity index (χ0n) is 12.8. The summed E-state index contributed by atoms with van der Waals surface area (Å²) >= 11 is 0. The Morgan fingerprint density at radius 2 is 2.16 bits per heavy atom. The van der Waals surface area contributed by atoms with Crippen LogP contribution < -0.4 is 5.32 Å². The van der Waals surface area contributed by atoms with Crippen LogP contribution in [0.4, 0.5) is 0 Å². The summed E-state index contributed by atoms with van der Waals surface area (Å²) in [5, 5.41) is 3.51. The number of hydrogen-bond donors (Lipinski definition) is 1. The highest BCUT2D eigenvalue weighted by Crippen LogP contribution is 2.12. The second kappa shape index (κ2) is 11.6. The molecule has 0 aromatic rings. The summed E-state index contributed by atoms with van der Waals surface area (Å²) in [7, 11) is 0. The molecule has 0 saturated carbocycles. The maximum absolute atomic E-state index is 5.69. The van der Waals surface area contributed by atoms with Crippen LogP contribution in [-0.4, -0.2) is 63.5 Å². The minimum Gasteiger partial charge on any atom is -0.382 e. The van der Waals surface area contributed by atoms with Gasteiger partial charge >= 0.3 is 0 Å². The Kier molecular flexibility index (Phi) is 10.4. The molecule has 0 spiro atoms. The maximum Gasteiger partial charge on any atom is 0.0702 e. The number of nitrogens with one attached hydrogen (secondary N) is 1. The lowest BCUT2D eigenvalue weighted by Gasteiger charge is -2.23. The van der Waals surface area contributed by atoms with E-state index in [1.165, 1.54) is 19.3 Å². The van der Waals surface area contributed by atoms with E-state index in [0.29, 0.717) is 6.10 Å². The topological polar surface area (TPSA) is 33.7 Å². The molecule has 0 bridgehead atoms. The van der Waals surface area contributed by atoms with Crippen molar-refractivity contribution in [2.24, 2.45) is 0 Å². The van der Waals surface area contributed by atoms with E-state index in [9.17, 15) is 0 Å². The van der Waals surface area contributed by atoms with E-state index in [4.69, 9.17) is 9.47 Å². The number of hydrogen-bond acceptors (Lipinski definition) is 4. The van der Waals surface area contributed by atoms with Crippen molar-refractivity contribution in [2.75, 3.05) is 52.5 Å². The lowest BCUT2D eigenvalue weighted by Crippen LogP contribution is -2.37. The van der Waals surface area contributed by atoms with Crippen LogP contribution in [0.5, 0.6) is 0 Å². The highest BCUT2D eigenvalue weighted by Gasteiger charge is 2.17. The second-order valence-electron chi connectivity index (χ2n) is 5.18. The van der Waals surface area contributed by atoms with Crippen molar-refractivity contribution in [2.45, 2.75) is 45.6 Å². The zero-order chi connectivity index (χ0) is 13.8.